The van der Waals surface area contributed by atoms with Crippen molar-refractivity contribution in [1.29, 1.82) is 0 Å². The zero-order chi connectivity index (χ0) is 13.7. The van der Waals surface area contributed by atoms with Gasteiger partial charge in [-0.1, -0.05) is 29.3 Å². The quantitative estimate of drug-likeness (QED) is 0.878. The molecule has 3 N–H and O–H groups in total. The molecule has 5 heteroatoms. The van der Waals surface area contributed by atoms with Crippen molar-refractivity contribution in [2.75, 3.05) is 12.4 Å². The topological polar surface area (TPSA) is 64.4 Å². The lowest BCUT2D eigenvalue weighted by atomic mass is 10.1. The second-order valence-electron chi connectivity index (χ2n) is 4.18. The third-order valence-corrected chi connectivity index (χ3v) is 3.13. The average molecular weight is 315 g/mol. The molecule has 0 unspecified atom stereocenters. The first-order chi connectivity index (χ1) is 8.49. The van der Waals surface area contributed by atoms with Gasteiger partial charge in [0.25, 0.3) is 0 Å². The van der Waals surface area contributed by atoms with E-state index in [1.807, 2.05) is 26.0 Å². The number of halogens is 1. The fourth-order valence-corrected chi connectivity index (χ4v) is 2.24. The molecule has 0 fully saturated rings. The van der Waals surface area contributed by atoms with E-state index >= 15 is 0 Å². The van der Waals surface area contributed by atoms with E-state index < -0.39 is 6.04 Å². The van der Waals surface area contributed by atoms with Crippen LogP contribution < -0.4 is 15.8 Å². The normalized spacial score (nSPS) is 12.1. The summed E-state index contributed by atoms with van der Waals surface area (Å²) in [5, 5.41) is 2.83. The Morgan fingerprint density at radius 1 is 1.56 bits per heavy atom. The summed E-state index contributed by atoms with van der Waals surface area (Å²) < 4.78 is 6.17. The Morgan fingerprint density at radius 2 is 2.22 bits per heavy atom. The van der Waals surface area contributed by atoms with Crippen LogP contribution in [0, 0.1) is 6.92 Å². The van der Waals surface area contributed by atoms with Crippen molar-refractivity contribution in [3.63, 3.8) is 0 Å². The Kier molecular flexibility index (Phi) is 5.62. The number of amides is 1. The third kappa shape index (κ3) is 3.71. The number of methoxy groups -OCH3 is 1. The minimum atomic E-state index is -0.484. The van der Waals surface area contributed by atoms with Gasteiger partial charge in [0.15, 0.2) is 0 Å². The summed E-state index contributed by atoms with van der Waals surface area (Å²) in [5.74, 6) is 0.444. The molecule has 18 heavy (non-hydrogen) atoms. The van der Waals surface area contributed by atoms with E-state index in [2.05, 4.69) is 21.2 Å². The van der Waals surface area contributed by atoms with Crippen LogP contribution in [-0.4, -0.2) is 19.1 Å². The molecular formula is C13H19BrN2O2. The highest BCUT2D eigenvalue weighted by Crippen LogP contribution is 2.32. The van der Waals surface area contributed by atoms with Crippen LogP contribution in [0.3, 0.4) is 0 Å². The van der Waals surface area contributed by atoms with Crippen LogP contribution in [-0.2, 0) is 4.79 Å². The zero-order valence-corrected chi connectivity index (χ0v) is 12.5. The molecule has 1 rings (SSSR count). The molecule has 0 saturated heterocycles. The number of aryl methyl sites for hydroxylation is 1. The molecule has 1 aromatic rings. The molecule has 0 aliphatic carbocycles. The van der Waals surface area contributed by atoms with E-state index in [9.17, 15) is 4.79 Å². The van der Waals surface area contributed by atoms with Gasteiger partial charge < -0.3 is 15.8 Å². The lowest BCUT2D eigenvalue weighted by Crippen LogP contribution is -2.35. The Bertz CT molecular complexity index is 435. The number of carbonyl (C=O) groups is 1. The highest BCUT2D eigenvalue weighted by atomic mass is 79.9. The van der Waals surface area contributed by atoms with E-state index in [1.165, 1.54) is 0 Å². The molecule has 0 aliphatic heterocycles. The molecule has 1 aromatic carbocycles. The van der Waals surface area contributed by atoms with Crippen LogP contribution in [0.5, 0.6) is 5.75 Å². The van der Waals surface area contributed by atoms with Gasteiger partial charge in [0.05, 0.1) is 18.8 Å². The van der Waals surface area contributed by atoms with Gasteiger partial charge in [0.1, 0.15) is 5.75 Å². The molecule has 0 aliphatic rings. The highest BCUT2D eigenvalue weighted by molar-refractivity contribution is 9.10. The van der Waals surface area contributed by atoms with Gasteiger partial charge >= 0.3 is 0 Å². The Balaban J connectivity index is 2.93. The first-order valence-corrected chi connectivity index (χ1v) is 6.69. The monoisotopic (exact) mass is 314 g/mol. The molecule has 4 nitrogen and oxygen atoms in total. The molecule has 0 aromatic heterocycles. The smallest absolute Gasteiger partial charge is 0.241 e. The van der Waals surface area contributed by atoms with Crippen LogP contribution in [0.4, 0.5) is 5.69 Å². The van der Waals surface area contributed by atoms with Crippen LogP contribution in [0.1, 0.15) is 25.3 Å². The van der Waals surface area contributed by atoms with E-state index in [0.717, 1.165) is 16.5 Å². The van der Waals surface area contributed by atoms with E-state index in [4.69, 9.17) is 10.5 Å². The standard InChI is InChI=1S/C13H19BrN2O2/c1-4-5-10(15)13(17)16-12-8(2)6-9(14)7-11(12)18-3/h6-7,10H,4-5,15H2,1-3H3,(H,16,17)/t10-/m0/s1. The van der Waals surface area contributed by atoms with Gasteiger partial charge in [-0.25, -0.2) is 0 Å². The Hall–Kier alpha value is -1.07. The molecule has 100 valence electrons. The molecular weight excluding hydrogens is 296 g/mol. The van der Waals surface area contributed by atoms with Crippen LogP contribution in [0.25, 0.3) is 0 Å². The van der Waals surface area contributed by atoms with Crippen molar-refractivity contribution in [3.8, 4) is 5.75 Å². The number of ether oxygens (including phenoxy) is 1. The summed E-state index contributed by atoms with van der Waals surface area (Å²) in [7, 11) is 1.57. The highest BCUT2D eigenvalue weighted by Gasteiger charge is 2.16. The number of nitrogens with one attached hydrogen (secondary N) is 1. The largest absolute Gasteiger partial charge is 0.495 e. The number of nitrogens with two attached hydrogens (primary N) is 1. The lowest BCUT2D eigenvalue weighted by Gasteiger charge is -2.16. The first kappa shape index (κ1) is 15.0. The number of benzene rings is 1. The molecule has 0 heterocycles. The van der Waals surface area contributed by atoms with Gasteiger partial charge in [-0.05, 0) is 31.0 Å². The summed E-state index contributed by atoms with van der Waals surface area (Å²) in [4.78, 5) is 11.9. The van der Waals surface area contributed by atoms with Crippen LogP contribution in [0.15, 0.2) is 16.6 Å². The van der Waals surface area contributed by atoms with Crippen molar-refractivity contribution < 1.29 is 9.53 Å². The zero-order valence-electron chi connectivity index (χ0n) is 10.9. The summed E-state index contributed by atoms with van der Waals surface area (Å²) in [6.45, 7) is 3.91. The van der Waals surface area contributed by atoms with E-state index in [-0.39, 0.29) is 5.91 Å². The number of carbonyl (C=O) groups excluding carboxylic acids is 1. The van der Waals surface area contributed by atoms with E-state index in [1.54, 1.807) is 7.11 Å². The molecule has 0 radical (unpaired) electrons. The second-order valence-corrected chi connectivity index (χ2v) is 5.10. The van der Waals surface area contributed by atoms with Gasteiger partial charge in [-0.15, -0.1) is 0 Å². The molecule has 1 amide bonds. The molecule has 1 atom stereocenters. The van der Waals surface area contributed by atoms with Crippen molar-refractivity contribution in [1.82, 2.24) is 0 Å². The van der Waals surface area contributed by atoms with Gasteiger partial charge in [0, 0.05) is 4.47 Å². The minimum absolute atomic E-state index is 0.180. The fourth-order valence-electron chi connectivity index (χ4n) is 1.69. The van der Waals surface area contributed by atoms with Gasteiger partial charge in [-0.2, -0.15) is 0 Å². The van der Waals surface area contributed by atoms with E-state index in [0.29, 0.717) is 17.9 Å². The average Bonchev–Trinajstić information content (AvgIpc) is 2.32. The van der Waals surface area contributed by atoms with Crippen molar-refractivity contribution >= 4 is 27.5 Å². The Labute approximate surface area is 116 Å². The fraction of sp³-hybridized carbons (Fsp3) is 0.462. The second kappa shape index (κ2) is 6.75. The SMILES string of the molecule is CCC[C@H](N)C(=O)Nc1c(C)cc(Br)cc1OC. The van der Waals surface area contributed by atoms with Crippen LogP contribution >= 0.6 is 15.9 Å². The van der Waals surface area contributed by atoms with Crippen molar-refractivity contribution in [3.05, 3.63) is 22.2 Å². The summed E-state index contributed by atoms with van der Waals surface area (Å²) in [6, 6.07) is 3.25. The number of anilines is 1. The number of rotatable bonds is 5. The lowest BCUT2D eigenvalue weighted by molar-refractivity contribution is -0.117. The Morgan fingerprint density at radius 3 is 2.78 bits per heavy atom. The predicted molar refractivity (Wildman–Crippen MR) is 76.9 cm³/mol. The maximum absolute atomic E-state index is 11.9. The third-order valence-electron chi connectivity index (χ3n) is 2.67. The maximum Gasteiger partial charge on any atom is 0.241 e. The van der Waals surface area contributed by atoms with Crippen LogP contribution in [0.2, 0.25) is 0 Å². The molecule has 0 saturated carbocycles. The first-order valence-electron chi connectivity index (χ1n) is 5.90. The minimum Gasteiger partial charge on any atom is -0.495 e. The summed E-state index contributed by atoms with van der Waals surface area (Å²) in [5.41, 5.74) is 7.39. The number of hydrogen-bond donors (Lipinski definition) is 2. The summed E-state index contributed by atoms with van der Waals surface area (Å²) >= 11 is 3.39. The molecule has 0 spiro atoms. The summed E-state index contributed by atoms with van der Waals surface area (Å²) in [6.07, 6.45) is 1.55. The van der Waals surface area contributed by atoms with Gasteiger partial charge in [-0.3, -0.25) is 4.79 Å². The predicted octanol–water partition coefficient (Wildman–Crippen LogP) is 2.83. The van der Waals surface area contributed by atoms with Crippen molar-refractivity contribution in [2.24, 2.45) is 5.73 Å². The molecule has 0 bridgehead atoms. The van der Waals surface area contributed by atoms with Gasteiger partial charge in [0.2, 0.25) is 5.91 Å². The van der Waals surface area contributed by atoms with Crippen molar-refractivity contribution in [2.45, 2.75) is 32.7 Å². The number of hydrogen-bond acceptors (Lipinski definition) is 3. The maximum atomic E-state index is 11.9.